The zero-order valence-corrected chi connectivity index (χ0v) is 8.69. The summed E-state index contributed by atoms with van der Waals surface area (Å²) >= 11 is 5.72. The van der Waals surface area contributed by atoms with E-state index in [0.717, 1.165) is 6.20 Å². The highest BCUT2D eigenvalue weighted by molar-refractivity contribution is 6.33. The fraction of sp³-hybridized carbons (Fsp3) is 0.111. The molecule has 0 radical (unpaired) electrons. The number of carbonyl (C=O) groups excluding carboxylic acids is 1. The van der Waals surface area contributed by atoms with Gasteiger partial charge in [-0.2, -0.15) is 0 Å². The normalized spacial score (nSPS) is 9.06. The van der Waals surface area contributed by atoms with Crippen LogP contribution in [0.2, 0.25) is 5.02 Å². The first-order valence-corrected chi connectivity index (χ1v) is 4.45. The van der Waals surface area contributed by atoms with E-state index in [-0.39, 0.29) is 22.7 Å². The number of aromatic nitrogens is 1. The Hall–Kier alpha value is -2.13. The molecule has 0 aliphatic heterocycles. The first-order chi connectivity index (χ1) is 7.52. The quantitative estimate of drug-likeness (QED) is 0.470. The van der Waals surface area contributed by atoms with Gasteiger partial charge in [-0.1, -0.05) is 23.4 Å². The van der Waals surface area contributed by atoms with Gasteiger partial charge in [-0.15, -0.1) is 0 Å². The summed E-state index contributed by atoms with van der Waals surface area (Å²) < 4.78 is 0. The first-order valence-electron chi connectivity index (χ1n) is 4.07. The van der Waals surface area contributed by atoms with Crippen molar-refractivity contribution in [3.05, 3.63) is 33.1 Å². The van der Waals surface area contributed by atoms with Gasteiger partial charge >= 0.3 is 5.69 Å². The lowest BCUT2D eigenvalue weighted by atomic mass is 10.2. The van der Waals surface area contributed by atoms with Gasteiger partial charge in [0.25, 0.3) is 0 Å². The maximum atomic E-state index is 10.5. The molecule has 0 fully saturated rings. The second kappa shape index (κ2) is 5.09. The second-order valence-electron chi connectivity index (χ2n) is 2.72. The lowest BCUT2D eigenvalue weighted by molar-refractivity contribution is -0.385. The summed E-state index contributed by atoms with van der Waals surface area (Å²) in [6.07, 6.45) is 2.17. The van der Waals surface area contributed by atoms with Gasteiger partial charge in [0.1, 0.15) is 11.2 Å². The van der Waals surface area contributed by atoms with Crippen LogP contribution in [-0.4, -0.2) is 15.8 Å². The van der Waals surface area contributed by atoms with Crippen LogP contribution < -0.4 is 5.73 Å². The third kappa shape index (κ3) is 2.93. The van der Waals surface area contributed by atoms with Crippen LogP contribution in [0, 0.1) is 22.0 Å². The van der Waals surface area contributed by atoms with E-state index >= 15 is 0 Å². The molecule has 1 aromatic heterocycles. The van der Waals surface area contributed by atoms with Crippen LogP contribution in [-0.2, 0) is 4.79 Å². The molecule has 0 unspecified atom stereocenters. The molecule has 0 bridgehead atoms. The summed E-state index contributed by atoms with van der Waals surface area (Å²) in [5.41, 5.74) is 4.74. The smallest absolute Gasteiger partial charge is 0.307 e. The molecule has 0 saturated heterocycles. The van der Waals surface area contributed by atoms with E-state index in [1.54, 1.807) is 0 Å². The van der Waals surface area contributed by atoms with Gasteiger partial charge in [0.05, 0.1) is 16.9 Å². The van der Waals surface area contributed by atoms with Gasteiger partial charge < -0.3 is 5.73 Å². The molecule has 0 aliphatic carbocycles. The van der Waals surface area contributed by atoms with Crippen molar-refractivity contribution < 1.29 is 9.72 Å². The number of nitrogens with zero attached hydrogens (tertiary/aromatic N) is 2. The number of pyridine rings is 1. The highest BCUT2D eigenvalue weighted by Gasteiger charge is 2.14. The zero-order chi connectivity index (χ0) is 12.1. The van der Waals surface area contributed by atoms with Crippen LogP contribution in [0.3, 0.4) is 0 Å². The van der Waals surface area contributed by atoms with Crippen LogP contribution in [0.5, 0.6) is 0 Å². The van der Waals surface area contributed by atoms with Crippen molar-refractivity contribution >= 4 is 23.2 Å². The number of hydrogen-bond donors (Lipinski definition) is 1. The zero-order valence-electron chi connectivity index (χ0n) is 7.94. The minimum Gasteiger partial charge on any atom is -0.369 e. The molecule has 6 nitrogen and oxygen atoms in total. The molecule has 1 rings (SSSR count). The number of hydrogen-bond acceptors (Lipinski definition) is 4. The van der Waals surface area contributed by atoms with Gasteiger partial charge in [-0.05, 0) is 0 Å². The summed E-state index contributed by atoms with van der Waals surface area (Å²) in [5, 5.41) is 10.4. The highest BCUT2D eigenvalue weighted by atomic mass is 35.5. The van der Waals surface area contributed by atoms with Crippen molar-refractivity contribution in [2.45, 2.75) is 6.42 Å². The number of rotatable bonds is 2. The van der Waals surface area contributed by atoms with Gasteiger partial charge in [0.15, 0.2) is 0 Å². The third-order valence-electron chi connectivity index (χ3n) is 1.54. The Morgan fingerprint density at radius 2 is 2.31 bits per heavy atom. The van der Waals surface area contributed by atoms with Crippen LogP contribution in [0.15, 0.2) is 12.4 Å². The highest BCUT2D eigenvalue weighted by Crippen LogP contribution is 2.25. The van der Waals surface area contributed by atoms with E-state index in [4.69, 9.17) is 17.3 Å². The molecule has 0 atom stereocenters. The summed E-state index contributed by atoms with van der Waals surface area (Å²) in [5.74, 6) is 4.34. The molecule has 1 heterocycles. The molecule has 16 heavy (non-hydrogen) atoms. The molecule has 0 spiro atoms. The number of carbonyl (C=O) groups is 1. The fourth-order valence-electron chi connectivity index (χ4n) is 0.875. The number of nitro groups is 1. The predicted octanol–water partition coefficient (Wildman–Crippen LogP) is 0.870. The van der Waals surface area contributed by atoms with Gasteiger partial charge in [-0.25, -0.2) is 0 Å². The standard InChI is InChI=1S/C9H6ClN3O3/c10-9-6(2-1-3-8(11)14)4-12-5-7(9)13(15)16/h4-5H,3H2,(H2,11,14). The molecule has 1 amide bonds. The maximum absolute atomic E-state index is 10.5. The SMILES string of the molecule is NC(=O)CC#Cc1cncc([N+](=O)[O-])c1Cl. The summed E-state index contributed by atoms with van der Waals surface area (Å²) in [4.78, 5) is 23.9. The van der Waals surface area contributed by atoms with Crippen molar-refractivity contribution in [1.29, 1.82) is 0 Å². The van der Waals surface area contributed by atoms with Crippen molar-refractivity contribution in [1.82, 2.24) is 4.98 Å². The minimum atomic E-state index is -0.658. The van der Waals surface area contributed by atoms with E-state index in [2.05, 4.69) is 16.8 Å². The summed E-state index contributed by atoms with van der Waals surface area (Å²) in [7, 11) is 0. The van der Waals surface area contributed by atoms with Crippen molar-refractivity contribution in [3.8, 4) is 11.8 Å². The lowest BCUT2D eigenvalue weighted by Crippen LogP contribution is -2.08. The Morgan fingerprint density at radius 1 is 1.62 bits per heavy atom. The Labute approximate surface area is 95.6 Å². The van der Waals surface area contributed by atoms with Crippen molar-refractivity contribution in [2.24, 2.45) is 5.73 Å². The molecular formula is C9H6ClN3O3. The van der Waals surface area contributed by atoms with E-state index in [9.17, 15) is 14.9 Å². The molecule has 2 N–H and O–H groups in total. The molecule has 82 valence electrons. The Balaban J connectivity index is 3.05. The minimum absolute atomic E-state index is 0.100. The molecular weight excluding hydrogens is 234 g/mol. The van der Waals surface area contributed by atoms with Gasteiger partial charge in [0, 0.05) is 6.20 Å². The third-order valence-corrected chi connectivity index (χ3v) is 1.94. The predicted molar refractivity (Wildman–Crippen MR) is 56.6 cm³/mol. The largest absolute Gasteiger partial charge is 0.369 e. The number of primary amides is 1. The van der Waals surface area contributed by atoms with E-state index in [1.165, 1.54) is 6.20 Å². The van der Waals surface area contributed by atoms with E-state index in [1.807, 2.05) is 0 Å². The van der Waals surface area contributed by atoms with E-state index < -0.39 is 10.8 Å². The molecule has 7 heteroatoms. The average molecular weight is 240 g/mol. The molecule has 1 aromatic rings. The van der Waals surface area contributed by atoms with E-state index in [0.29, 0.717) is 0 Å². The molecule has 0 saturated carbocycles. The second-order valence-corrected chi connectivity index (χ2v) is 3.10. The first kappa shape index (κ1) is 11.9. The Kier molecular flexibility index (Phi) is 3.80. The van der Waals surface area contributed by atoms with Crippen LogP contribution >= 0.6 is 11.6 Å². The van der Waals surface area contributed by atoms with Gasteiger partial charge in [-0.3, -0.25) is 19.9 Å². The van der Waals surface area contributed by atoms with Crippen molar-refractivity contribution in [2.75, 3.05) is 0 Å². The summed E-state index contributed by atoms with van der Waals surface area (Å²) in [6, 6.07) is 0. The Bertz CT molecular complexity index is 504. The molecule has 0 aromatic carbocycles. The topological polar surface area (TPSA) is 99.1 Å². The van der Waals surface area contributed by atoms with Crippen LogP contribution in [0.1, 0.15) is 12.0 Å². The Morgan fingerprint density at radius 3 is 2.88 bits per heavy atom. The fourth-order valence-corrected chi connectivity index (χ4v) is 1.09. The molecule has 0 aliphatic rings. The monoisotopic (exact) mass is 239 g/mol. The van der Waals surface area contributed by atoms with Crippen LogP contribution in [0.4, 0.5) is 5.69 Å². The maximum Gasteiger partial charge on any atom is 0.307 e. The number of amides is 1. The van der Waals surface area contributed by atoms with Gasteiger partial charge in [0.2, 0.25) is 5.91 Å². The number of halogens is 1. The van der Waals surface area contributed by atoms with Crippen LogP contribution in [0.25, 0.3) is 0 Å². The lowest BCUT2D eigenvalue weighted by Gasteiger charge is -1.95. The average Bonchev–Trinajstić information content (AvgIpc) is 2.19. The number of nitrogens with two attached hydrogens (primary N) is 1. The summed E-state index contributed by atoms with van der Waals surface area (Å²) in [6.45, 7) is 0. The van der Waals surface area contributed by atoms with Crippen molar-refractivity contribution in [3.63, 3.8) is 0 Å².